The van der Waals surface area contributed by atoms with E-state index < -0.39 is 0 Å². The number of hydrogen-bond donors (Lipinski definition) is 1. The lowest BCUT2D eigenvalue weighted by atomic mass is 9.77. The molecule has 0 aromatic carbocycles. The van der Waals surface area contributed by atoms with Crippen molar-refractivity contribution in [3.8, 4) is 0 Å². The van der Waals surface area contributed by atoms with Gasteiger partial charge in [0.2, 0.25) is 0 Å². The maximum absolute atomic E-state index is 9.98. The van der Waals surface area contributed by atoms with Crippen LogP contribution < -0.4 is 0 Å². The molecular formula is C16H30O2. The molecule has 0 saturated heterocycles. The highest BCUT2D eigenvalue weighted by Crippen LogP contribution is 2.33. The van der Waals surface area contributed by atoms with Crippen LogP contribution in [-0.2, 0) is 4.74 Å². The Morgan fingerprint density at radius 2 is 1.83 bits per heavy atom. The highest BCUT2D eigenvalue weighted by Gasteiger charge is 2.33. The Balaban J connectivity index is 2.48. The van der Waals surface area contributed by atoms with Gasteiger partial charge in [-0.15, -0.1) is 0 Å². The molecule has 1 aliphatic rings. The van der Waals surface area contributed by atoms with Crippen LogP contribution in [0.4, 0.5) is 0 Å². The zero-order valence-corrected chi connectivity index (χ0v) is 12.5. The van der Waals surface area contributed by atoms with Crippen molar-refractivity contribution < 1.29 is 9.84 Å². The van der Waals surface area contributed by atoms with Gasteiger partial charge in [-0.3, -0.25) is 0 Å². The van der Waals surface area contributed by atoms with E-state index in [2.05, 4.69) is 27.7 Å². The van der Waals surface area contributed by atoms with Crippen molar-refractivity contribution in [1.29, 1.82) is 0 Å². The van der Waals surface area contributed by atoms with Crippen LogP contribution in [-0.4, -0.2) is 23.9 Å². The Kier molecular flexibility index (Phi) is 6.95. The van der Waals surface area contributed by atoms with Crippen LogP contribution in [0.2, 0.25) is 0 Å². The van der Waals surface area contributed by atoms with Crippen molar-refractivity contribution in [2.24, 2.45) is 11.8 Å². The molecule has 1 rings (SSSR count). The predicted octanol–water partition coefficient (Wildman–Crippen LogP) is 3.94. The summed E-state index contributed by atoms with van der Waals surface area (Å²) < 4.78 is 6.08. The maximum Gasteiger partial charge on any atom is 0.0814 e. The van der Waals surface area contributed by atoms with E-state index in [1.165, 1.54) is 24.8 Å². The molecule has 4 unspecified atom stereocenters. The third-order valence-electron chi connectivity index (χ3n) is 4.30. The molecule has 0 aliphatic heterocycles. The lowest BCUT2D eigenvalue weighted by molar-refractivity contribution is -0.0119. The van der Waals surface area contributed by atoms with Crippen molar-refractivity contribution >= 4 is 0 Å². The number of aliphatic hydroxyl groups excluding tert-OH is 1. The van der Waals surface area contributed by atoms with Gasteiger partial charge in [0.15, 0.2) is 0 Å². The lowest BCUT2D eigenvalue weighted by Crippen LogP contribution is -2.38. The lowest BCUT2D eigenvalue weighted by Gasteiger charge is -2.37. The SMILES string of the molecule is CCCCCCOC1C(CC)=CC(O)C(C)C1C. The Hall–Kier alpha value is -0.340. The van der Waals surface area contributed by atoms with E-state index in [4.69, 9.17) is 4.74 Å². The molecule has 1 aliphatic carbocycles. The number of rotatable bonds is 7. The number of aliphatic hydroxyl groups is 1. The molecule has 0 saturated carbocycles. The molecule has 0 heterocycles. The van der Waals surface area contributed by atoms with Gasteiger partial charge in [-0.1, -0.05) is 53.0 Å². The fourth-order valence-electron chi connectivity index (χ4n) is 2.71. The first-order valence-electron chi connectivity index (χ1n) is 7.62. The van der Waals surface area contributed by atoms with E-state index in [9.17, 15) is 5.11 Å². The second-order valence-corrected chi connectivity index (χ2v) is 5.66. The summed E-state index contributed by atoms with van der Waals surface area (Å²) in [4.78, 5) is 0. The molecule has 0 radical (unpaired) electrons. The van der Waals surface area contributed by atoms with Crippen LogP contribution in [0.25, 0.3) is 0 Å². The van der Waals surface area contributed by atoms with Gasteiger partial charge >= 0.3 is 0 Å². The van der Waals surface area contributed by atoms with Crippen LogP contribution in [0.15, 0.2) is 11.6 Å². The summed E-state index contributed by atoms with van der Waals surface area (Å²) in [6.45, 7) is 9.55. The molecule has 0 bridgehead atoms. The zero-order valence-electron chi connectivity index (χ0n) is 12.5. The van der Waals surface area contributed by atoms with Crippen molar-refractivity contribution in [3.05, 3.63) is 11.6 Å². The van der Waals surface area contributed by atoms with E-state index in [-0.39, 0.29) is 12.2 Å². The molecule has 0 aromatic rings. The third kappa shape index (κ3) is 4.10. The average molecular weight is 254 g/mol. The molecule has 0 aromatic heterocycles. The molecular weight excluding hydrogens is 224 g/mol. The number of unbranched alkanes of at least 4 members (excludes halogenated alkanes) is 3. The van der Waals surface area contributed by atoms with Crippen molar-refractivity contribution in [3.63, 3.8) is 0 Å². The minimum atomic E-state index is -0.296. The second-order valence-electron chi connectivity index (χ2n) is 5.66. The van der Waals surface area contributed by atoms with E-state index in [0.29, 0.717) is 11.8 Å². The zero-order chi connectivity index (χ0) is 13.5. The summed E-state index contributed by atoms with van der Waals surface area (Å²) >= 11 is 0. The fourth-order valence-corrected chi connectivity index (χ4v) is 2.71. The normalized spacial score (nSPS) is 32.4. The standard InChI is InChI=1S/C16H30O2/c1-5-7-8-9-10-18-16-13(4)12(3)15(17)11-14(16)6-2/h11-13,15-17H,5-10H2,1-4H3. The first-order valence-corrected chi connectivity index (χ1v) is 7.62. The molecule has 2 heteroatoms. The van der Waals surface area contributed by atoms with Crippen LogP contribution in [0.3, 0.4) is 0 Å². The number of ether oxygens (including phenoxy) is 1. The topological polar surface area (TPSA) is 29.5 Å². The Bertz CT molecular complexity index is 260. The Morgan fingerprint density at radius 1 is 1.11 bits per heavy atom. The van der Waals surface area contributed by atoms with Gasteiger partial charge in [0.05, 0.1) is 12.2 Å². The smallest absolute Gasteiger partial charge is 0.0814 e. The van der Waals surface area contributed by atoms with E-state index in [1.807, 2.05) is 6.08 Å². The average Bonchev–Trinajstić information content (AvgIpc) is 2.37. The summed E-state index contributed by atoms with van der Waals surface area (Å²) in [5, 5.41) is 9.98. The molecule has 18 heavy (non-hydrogen) atoms. The summed E-state index contributed by atoms with van der Waals surface area (Å²) in [6, 6.07) is 0. The van der Waals surface area contributed by atoms with Crippen LogP contribution in [0, 0.1) is 11.8 Å². The summed E-state index contributed by atoms with van der Waals surface area (Å²) in [7, 11) is 0. The highest BCUT2D eigenvalue weighted by atomic mass is 16.5. The molecule has 0 amide bonds. The van der Waals surface area contributed by atoms with Crippen LogP contribution in [0.5, 0.6) is 0 Å². The highest BCUT2D eigenvalue weighted by molar-refractivity contribution is 5.17. The first-order chi connectivity index (χ1) is 8.61. The second kappa shape index (κ2) is 7.96. The molecule has 0 spiro atoms. The molecule has 2 nitrogen and oxygen atoms in total. The van der Waals surface area contributed by atoms with E-state index in [1.54, 1.807) is 0 Å². The minimum Gasteiger partial charge on any atom is -0.389 e. The quantitative estimate of drug-likeness (QED) is 0.551. The van der Waals surface area contributed by atoms with Gasteiger partial charge in [0, 0.05) is 6.61 Å². The van der Waals surface area contributed by atoms with Gasteiger partial charge in [0.25, 0.3) is 0 Å². The molecule has 4 atom stereocenters. The van der Waals surface area contributed by atoms with Gasteiger partial charge in [-0.2, -0.15) is 0 Å². The van der Waals surface area contributed by atoms with E-state index >= 15 is 0 Å². The summed E-state index contributed by atoms with van der Waals surface area (Å²) in [5.74, 6) is 0.701. The number of hydrogen-bond acceptors (Lipinski definition) is 2. The van der Waals surface area contributed by atoms with Gasteiger partial charge < -0.3 is 9.84 Å². The van der Waals surface area contributed by atoms with E-state index in [0.717, 1.165) is 19.4 Å². The van der Waals surface area contributed by atoms with Crippen LogP contribution >= 0.6 is 0 Å². The van der Waals surface area contributed by atoms with Gasteiger partial charge in [-0.25, -0.2) is 0 Å². The molecule has 0 fully saturated rings. The predicted molar refractivity (Wildman–Crippen MR) is 76.6 cm³/mol. The Labute approximate surface area is 112 Å². The summed E-state index contributed by atoms with van der Waals surface area (Å²) in [5.41, 5.74) is 1.28. The third-order valence-corrected chi connectivity index (χ3v) is 4.30. The molecule has 106 valence electrons. The summed E-state index contributed by atoms with van der Waals surface area (Å²) in [6.07, 6.45) is 7.91. The van der Waals surface area contributed by atoms with Crippen molar-refractivity contribution in [1.82, 2.24) is 0 Å². The largest absolute Gasteiger partial charge is 0.389 e. The minimum absolute atomic E-state index is 0.218. The van der Waals surface area contributed by atoms with Crippen molar-refractivity contribution in [2.45, 2.75) is 72.0 Å². The van der Waals surface area contributed by atoms with Crippen molar-refractivity contribution in [2.75, 3.05) is 6.61 Å². The monoisotopic (exact) mass is 254 g/mol. The van der Waals surface area contributed by atoms with Gasteiger partial charge in [0.1, 0.15) is 0 Å². The fraction of sp³-hybridized carbons (Fsp3) is 0.875. The first kappa shape index (κ1) is 15.7. The maximum atomic E-state index is 9.98. The Morgan fingerprint density at radius 3 is 2.44 bits per heavy atom. The molecule has 1 N–H and O–H groups in total. The van der Waals surface area contributed by atoms with Gasteiger partial charge in [-0.05, 0) is 30.3 Å². The van der Waals surface area contributed by atoms with Crippen LogP contribution in [0.1, 0.15) is 59.8 Å².